The molecule has 0 aliphatic heterocycles. The zero-order valence-corrected chi connectivity index (χ0v) is 17.9. The van der Waals surface area contributed by atoms with Crippen molar-refractivity contribution < 1.29 is 9.22 Å². The second-order valence-electron chi connectivity index (χ2n) is 8.80. The highest BCUT2D eigenvalue weighted by molar-refractivity contribution is 6.99. The molecule has 0 spiro atoms. The van der Waals surface area contributed by atoms with Crippen molar-refractivity contribution in [3.63, 3.8) is 0 Å². The van der Waals surface area contributed by atoms with Crippen LogP contribution in [0.5, 0.6) is 0 Å². The van der Waals surface area contributed by atoms with E-state index in [9.17, 15) is 4.79 Å². The lowest BCUT2D eigenvalue weighted by atomic mass is 10.0. The van der Waals surface area contributed by atoms with Crippen molar-refractivity contribution in [2.75, 3.05) is 6.61 Å². The summed E-state index contributed by atoms with van der Waals surface area (Å²) in [4.78, 5) is 11.5. The first-order chi connectivity index (χ1) is 12.9. The third-order valence-corrected chi connectivity index (χ3v) is 10.9. The molecule has 0 bridgehead atoms. The van der Waals surface area contributed by atoms with Gasteiger partial charge in [0.1, 0.15) is 5.78 Å². The minimum atomic E-state index is -2.41. The molecule has 0 N–H and O–H groups in total. The predicted octanol–water partition coefficient (Wildman–Crippen LogP) is 4.71. The second-order valence-corrected chi connectivity index (χ2v) is 13.1. The molecule has 1 saturated carbocycles. The molecule has 2 aromatic carbocycles. The summed E-state index contributed by atoms with van der Waals surface area (Å²) in [6, 6.07) is 21.6. The van der Waals surface area contributed by atoms with Crippen LogP contribution in [0.4, 0.5) is 0 Å². The van der Waals surface area contributed by atoms with Crippen LogP contribution in [0.25, 0.3) is 0 Å². The number of benzene rings is 2. The fraction of sp³-hybridized carbons (Fsp3) is 0.458. The summed E-state index contributed by atoms with van der Waals surface area (Å²) in [6.45, 7) is 7.70. The minimum Gasteiger partial charge on any atom is -0.407 e. The molecular weight excluding hydrogens is 348 g/mol. The van der Waals surface area contributed by atoms with Gasteiger partial charge in [-0.3, -0.25) is 4.79 Å². The minimum absolute atomic E-state index is 0.0268. The molecule has 0 saturated heterocycles. The molecule has 3 heteroatoms. The maximum Gasteiger partial charge on any atom is 0.261 e. The molecule has 1 atom stereocenters. The van der Waals surface area contributed by atoms with Crippen molar-refractivity contribution >= 4 is 24.5 Å². The van der Waals surface area contributed by atoms with Gasteiger partial charge in [0, 0.05) is 19.4 Å². The standard InChI is InChI=1S/C24H32O2Si/c1-24(2,3)27(22-12-6-4-7-13-22,23-14-8-5-9-15-23)26-18-10-11-20-16-17-21(25)19-20/h4-9,12-15,20H,10-11,16-19H2,1-3H3. The summed E-state index contributed by atoms with van der Waals surface area (Å²) >= 11 is 0. The molecule has 1 unspecified atom stereocenters. The Kier molecular flexibility index (Phi) is 6.33. The number of ketones is 1. The van der Waals surface area contributed by atoms with E-state index in [0.29, 0.717) is 11.7 Å². The Morgan fingerprint density at radius 3 is 1.96 bits per heavy atom. The Morgan fingerprint density at radius 2 is 1.52 bits per heavy atom. The summed E-state index contributed by atoms with van der Waals surface area (Å²) in [5, 5.41) is 2.69. The largest absolute Gasteiger partial charge is 0.407 e. The van der Waals surface area contributed by atoms with Crippen molar-refractivity contribution in [2.24, 2.45) is 5.92 Å². The van der Waals surface area contributed by atoms with E-state index in [1.54, 1.807) is 0 Å². The van der Waals surface area contributed by atoms with E-state index in [-0.39, 0.29) is 5.04 Å². The first-order valence-electron chi connectivity index (χ1n) is 10.2. The fourth-order valence-corrected chi connectivity index (χ4v) is 9.10. The third-order valence-electron chi connectivity index (χ3n) is 5.84. The number of carbonyl (C=O) groups excluding carboxylic acids is 1. The van der Waals surface area contributed by atoms with Gasteiger partial charge in [0.05, 0.1) is 0 Å². The summed E-state index contributed by atoms with van der Waals surface area (Å²) in [5.74, 6) is 1.01. The fourth-order valence-electron chi connectivity index (χ4n) is 4.50. The van der Waals surface area contributed by atoms with Crippen LogP contribution < -0.4 is 10.4 Å². The van der Waals surface area contributed by atoms with Gasteiger partial charge in [-0.1, -0.05) is 81.4 Å². The van der Waals surface area contributed by atoms with E-state index in [4.69, 9.17) is 4.43 Å². The van der Waals surface area contributed by atoms with Crippen molar-refractivity contribution in [2.45, 2.75) is 57.9 Å². The topological polar surface area (TPSA) is 26.3 Å². The maximum atomic E-state index is 11.5. The Balaban J connectivity index is 1.84. The summed E-state index contributed by atoms with van der Waals surface area (Å²) in [5.41, 5.74) is 0. The highest BCUT2D eigenvalue weighted by Crippen LogP contribution is 2.37. The summed E-state index contributed by atoms with van der Waals surface area (Å²) < 4.78 is 6.91. The molecule has 2 nitrogen and oxygen atoms in total. The number of hydrogen-bond donors (Lipinski definition) is 0. The van der Waals surface area contributed by atoms with Crippen LogP contribution in [0.3, 0.4) is 0 Å². The van der Waals surface area contributed by atoms with E-state index >= 15 is 0 Å². The molecule has 1 aliphatic carbocycles. The summed E-state index contributed by atoms with van der Waals surface area (Å²) in [7, 11) is -2.41. The van der Waals surface area contributed by atoms with Crippen LogP contribution in [-0.4, -0.2) is 20.7 Å². The van der Waals surface area contributed by atoms with Gasteiger partial charge < -0.3 is 4.43 Å². The normalized spacial score (nSPS) is 18.0. The Bertz CT molecular complexity index is 694. The molecule has 0 amide bonds. The molecule has 0 heterocycles. The van der Waals surface area contributed by atoms with Crippen molar-refractivity contribution in [3.8, 4) is 0 Å². The molecular formula is C24H32O2Si. The van der Waals surface area contributed by atoms with Crippen LogP contribution in [0.1, 0.15) is 52.9 Å². The van der Waals surface area contributed by atoms with Gasteiger partial charge in [-0.15, -0.1) is 0 Å². The number of rotatable bonds is 7. The first-order valence-corrected chi connectivity index (χ1v) is 12.1. The van der Waals surface area contributed by atoms with Crippen LogP contribution in [-0.2, 0) is 9.22 Å². The molecule has 144 valence electrons. The van der Waals surface area contributed by atoms with E-state index in [1.807, 2.05) is 0 Å². The monoisotopic (exact) mass is 380 g/mol. The molecule has 2 aromatic rings. The average molecular weight is 381 g/mol. The molecule has 0 radical (unpaired) electrons. The van der Waals surface area contributed by atoms with E-state index in [1.165, 1.54) is 10.4 Å². The van der Waals surface area contributed by atoms with E-state index in [0.717, 1.165) is 38.7 Å². The molecule has 27 heavy (non-hydrogen) atoms. The van der Waals surface area contributed by atoms with E-state index in [2.05, 4.69) is 81.4 Å². The first kappa shape index (κ1) is 20.0. The predicted molar refractivity (Wildman–Crippen MR) is 115 cm³/mol. The lowest BCUT2D eigenvalue weighted by molar-refractivity contribution is -0.117. The molecule has 3 rings (SSSR count). The lowest BCUT2D eigenvalue weighted by Crippen LogP contribution is -2.66. The van der Waals surface area contributed by atoms with Gasteiger partial charge in [-0.2, -0.15) is 0 Å². The Labute approximate surface area is 165 Å². The Morgan fingerprint density at radius 1 is 0.963 bits per heavy atom. The highest BCUT2D eigenvalue weighted by Gasteiger charge is 2.49. The zero-order valence-electron chi connectivity index (χ0n) is 16.9. The highest BCUT2D eigenvalue weighted by atomic mass is 28.4. The SMILES string of the molecule is CC(C)(C)[Si](OCCCC1CCC(=O)C1)(c1ccccc1)c1ccccc1. The third kappa shape index (κ3) is 4.41. The smallest absolute Gasteiger partial charge is 0.261 e. The van der Waals surface area contributed by atoms with Crippen LogP contribution in [0.15, 0.2) is 60.7 Å². The number of Topliss-reactive ketones (excluding diaryl/α,β-unsaturated/α-hetero) is 1. The second kappa shape index (κ2) is 8.53. The van der Waals surface area contributed by atoms with Gasteiger partial charge in [-0.05, 0) is 40.6 Å². The molecule has 1 aliphatic rings. The van der Waals surface area contributed by atoms with Crippen LogP contribution >= 0.6 is 0 Å². The van der Waals surface area contributed by atoms with Gasteiger partial charge in [0.2, 0.25) is 0 Å². The van der Waals surface area contributed by atoms with Crippen LogP contribution in [0.2, 0.25) is 5.04 Å². The maximum absolute atomic E-state index is 11.5. The van der Waals surface area contributed by atoms with Gasteiger partial charge >= 0.3 is 0 Å². The van der Waals surface area contributed by atoms with Gasteiger partial charge in [0.15, 0.2) is 0 Å². The van der Waals surface area contributed by atoms with Gasteiger partial charge in [0.25, 0.3) is 8.32 Å². The summed E-state index contributed by atoms with van der Waals surface area (Å²) in [6.07, 6.45) is 4.75. The van der Waals surface area contributed by atoms with Crippen molar-refractivity contribution in [3.05, 3.63) is 60.7 Å². The molecule has 0 aromatic heterocycles. The average Bonchev–Trinajstić information content (AvgIpc) is 3.07. The van der Waals surface area contributed by atoms with Crippen LogP contribution in [0, 0.1) is 5.92 Å². The quantitative estimate of drug-likeness (QED) is 0.513. The van der Waals surface area contributed by atoms with Gasteiger partial charge in [-0.25, -0.2) is 0 Å². The molecule has 1 fully saturated rings. The van der Waals surface area contributed by atoms with Crippen molar-refractivity contribution in [1.29, 1.82) is 0 Å². The zero-order chi connectivity index (χ0) is 19.3. The lowest BCUT2D eigenvalue weighted by Gasteiger charge is -2.43. The van der Waals surface area contributed by atoms with E-state index < -0.39 is 8.32 Å². The number of carbonyl (C=O) groups is 1. The van der Waals surface area contributed by atoms with Crippen molar-refractivity contribution in [1.82, 2.24) is 0 Å². The number of hydrogen-bond acceptors (Lipinski definition) is 2. The Hall–Kier alpha value is -1.71.